The fourth-order valence-corrected chi connectivity index (χ4v) is 3.24. The van der Waals surface area contributed by atoms with E-state index < -0.39 is 10.0 Å². The zero-order valence-electron chi connectivity index (χ0n) is 13.5. The van der Waals surface area contributed by atoms with Crippen molar-refractivity contribution in [3.8, 4) is 5.75 Å². The van der Waals surface area contributed by atoms with Crippen LogP contribution in [-0.2, 0) is 16.6 Å². The SMILES string of the molecule is CCCCCOc1cc(S(=O)(=O)NCc2ccccn2)ccc1Cl. The number of halogens is 1. The quantitative estimate of drug-likeness (QED) is 0.684. The van der Waals surface area contributed by atoms with Gasteiger partial charge < -0.3 is 4.74 Å². The van der Waals surface area contributed by atoms with Gasteiger partial charge in [-0.15, -0.1) is 0 Å². The molecule has 1 aromatic heterocycles. The molecule has 0 aliphatic rings. The molecule has 0 radical (unpaired) electrons. The summed E-state index contributed by atoms with van der Waals surface area (Å²) in [6.07, 6.45) is 4.67. The average Bonchev–Trinajstić information content (AvgIpc) is 2.59. The fourth-order valence-electron chi connectivity index (χ4n) is 2.05. The molecule has 0 bridgehead atoms. The van der Waals surface area contributed by atoms with Gasteiger partial charge in [0.1, 0.15) is 5.75 Å². The van der Waals surface area contributed by atoms with E-state index in [9.17, 15) is 8.42 Å². The minimum atomic E-state index is -3.66. The number of hydrogen-bond donors (Lipinski definition) is 1. The predicted molar refractivity (Wildman–Crippen MR) is 94.7 cm³/mol. The van der Waals surface area contributed by atoms with Crippen LogP contribution in [0.2, 0.25) is 5.02 Å². The van der Waals surface area contributed by atoms with E-state index in [0.29, 0.717) is 23.1 Å². The van der Waals surface area contributed by atoms with Crippen LogP contribution in [0, 0.1) is 0 Å². The molecule has 0 saturated carbocycles. The maximum absolute atomic E-state index is 12.4. The first kappa shape index (κ1) is 18.7. The topological polar surface area (TPSA) is 68.3 Å². The molecule has 1 aromatic carbocycles. The second-order valence-electron chi connectivity index (χ2n) is 5.29. The highest BCUT2D eigenvalue weighted by Crippen LogP contribution is 2.27. The van der Waals surface area contributed by atoms with Crippen molar-refractivity contribution < 1.29 is 13.2 Å². The molecule has 0 aliphatic carbocycles. The highest BCUT2D eigenvalue weighted by Gasteiger charge is 2.16. The lowest BCUT2D eigenvalue weighted by Crippen LogP contribution is -2.23. The summed E-state index contributed by atoms with van der Waals surface area (Å²) < 4.78 is 32.9. The third-order valence-electron chi connectivity index (χ3n) is 3.39. The van der Waals surface area contributed by atoms with Crippen molar-refractivity contribution in [2.24, 2.45) is 0 Å². The van der Waals surface area contributed by atoms with Gasteiger partial charge >= 0.3 is 0 Å². The molecule has 1 heterocycles. The van der Waals surface area contributed by atoms with Crippen LogP contribution < -0.4 is 9.46 Å². The third kappa shape index (κ3) is 5.47. The van der Waals surface area contributed by atoms with Gasteiger partial charge in [-0.05, 0) is 30.7 Å². The molecule has 0 aliphatic heterocycles. The molecule has 5 nitrogen and oxygen atoms in total. The monoisotopic (exact) mass is 368 g/mol. The Morgan fingerprint density at radius 3 is 2.75 bits per heavy atom. The maximum Gasteiger partial charge on any atom is 0.241 e. The van der Waals surface area contributed by atoms with Crippen LogP contribution in [-0.4, -0.2) is 20.0 Å². The summed E-state index contributed by atoms with van der Waals surface area (Å²) >= 11 is 6.08. The van der Waals surface area contributed by atoms with E-state index in [1.807, 2.05) is 0 Å². The summed E-state index contributed by atoms with van der Waals surface area (Å²) in [5, 5.41) is 0.398. The van der Waals surface area contributed by atoms with Gasteiger partial charge in [0.2, 0.25) is 10.0 Å². The smallest absolute Gasteiger partial charge is 0.241 e. The number of pyridine rings is 1. The zero-order valence-corrected chi connectivity index (χ0v) is 15.1. The van der Waals surface area contributed by atoms with E-state index in [0.717, 1.165) is 19.3 Å². The first-order valence-electron chi connectivity index (χ1n) is 7.85. The highest BCUT2D eigenvalue weighted by atomic mass is 35.5. The van der Waals surface area contributed by atoms with E-state index >= 15 is 0 Å². The zero-order chi connectivity index (χ0) is 17.4. The molecule has 7 heteroatoms. The van der Waals surface area contributed by atoms with Crippen LogP contribution in [0.5, 0.6) is 5.75 Å². The van der Waals surface area contributed by atoms with Crippen LogP contribution >= 0.6 is 11.6 Å². The summed E-state index contributed by atoms with van der Waals surface area (Å²) in [5.74, 6) is 0.383. The Morgan fingerprint density at radius 2 is 2.04 bits per heavy atom. The van der Waals surface area contributed by atoms with Gasteiger partial charge in [0.05, 0.1) is 28.8 Å². The number of aromatic nitrogens is 1. The lowest BCUT2D eigenvalue weighted by atomic mass is 10.3. The van der Waals surface area contributed by atoms with Crippen molar-refractivity contribution in [2.75, 3.05) is 6.61 Å². The lowest BCUT2D eigenvalue weighted by molar-refractivity contribution is 0.305. The number of nitrogens with one attached hydrogen (secondary N) is 1. The average molecular weight is 369 g/mol. The number of nitrogens with zero attached hydrogens (tertiary/aromatic N) is 1. The first-order valence-corrected chi connectivity index (χ1v) is 9.71. The van der Waals surface area contributed by atoms with E-state index in [4.69, 9.17) is 16.3 Å². The van der Waals surface area contributed by atoms with Gasteiger partial charge in [0, 0.05) is 12.3 Å². The molecule has 2 aromatic rings. The van der Waals surface area contributed by atoms with Crippen molar-refractivity contribution in [1.82, 2.24) is 9.71 Å². The summed E-state index contributed by atoms with van der Waals surface area (Å²) in [6, 6.07) is 9.79. The highest BCUT2D eigenvalue weighted by molar-refractivity contribution is 7.89. The van der Waals surface area contributed by atoms with Crippen LogP contribution in [0.25, 0.3) is 0 Å². The van der Waals surface area contributed by atoms with Crippen LogP contribution in [0.4, 0.5) is 0 Å². The van der Waals surface area contributed by atoms with Gasteiger partial charge in [-0.25, -0.2) is 13.1 Å². The molecule has 2 rings (SSSR count). The molecule has 0 saturated heterocycles. The Morgan fingerprint density at radius 1 is 1.21 bits per heavy atom. The molecule has 24 heavy (non-hydrogen) atoms. The molecule has 130 valence electrons. The van der Waals surface area contributed by atoms with E-state index in [2.05, 4.69) is 16.6 Å². The van der Waals surface area contributed by atoms with Crippen LogP contribution in [0.1, 0.15) is 31.9 Å². The Bertz CT molecular complexity index is 752. The predicted octanol–water partition coefficient (Wildman–Crippen LogP) is 3.78. The number of ether oxygens (including phenoxy) is 1. The van der Waals surface area contributed by atoms with Crippen LogP contribution in [0.3, 0.4) is 0 Å². The summed E-state index contributed by atoms with van der Waals surface area (Å²) in [5.41, 5.74) is 0.645. The van der Waals surface area contributed by atoms with Gasteiger partial charge in [0.25, 0.3) is 0 Å². The van der Waals surface area contributed by atoms with Crippen molar-refractivity contribution >= 4 is 21.6 Å². The second kappa shape index (κ2) is 9.01. The van der Waals surface area contributed by atoms with Gasteiger partial charge in [-0.3, -0.25) is 4.98 Å². The van der Waals surface area contributed by atoms with Gasteiger partial charge in [0.15, 0.2) is 0 Å². The minimum absolute atomic E-state index is 0.119. The number of benzene rings is 1. The van der Waals surface area contributed by atoms with Crippen LogP contribution in [0.15, 0.2) is 47.5 Å². The molecule has 0 atom stereocenters. The standard InChI is InChI=1S/C17H21ClN2O3S/c1-2-3-6-11-23-17-12-15(8-9-16(17)18)24(21,22)20-13-14-7-4-5-10-19-14/h4-5,7-10,12,20H,2-3,6,11,13H2,1H3. The number of hydrogen-bond acceptors (Lipinski definition) is 4. The molecular weight excluding hydrogens is 348 g/mol. The maximum atomic E-state index is 12.4. The number of sulfonamides is 1. The summed E-state index contributed by atoms with van der Waals surface area (Å²) in [7, 11) is -3.66. The van der Waals surface area contributed by atoms with Gasteiger partial charge in [-0.1, -0.05) is 37.4 Å². The molecule has 1 N–H and O–H groups in total. The third-order valence-corrected chi connectivity index (χ3v) is 5.10. The molecule has 0 amide bonds. The Kier molecular flexibility index (Phi) is 7.02. The van der Waals surface area contributed by atoms with E-state index in [1.165, 1.54) is 18.2 Å². The Labute approximate surface area is 148 Å². The molecule has 0 spiro atoms. The normalized spacial score (nSPS) is 11.4. The summed E-state index contributed by atoms with van der Waals surface area (Å²) in [6.45, 7) is 2.74. The van der Waals surface area contributed by atoms with Crippen molar-refractivity contribution in [3.63, 3.8) is 0 Å². The van der Waals surface area contributed by atoms with Crippen molar-refractivity contribution in [2.45, 2.75) is 37.6 Å². The van der Waals surface area contributed by atoms with E-state index in [1.54, 1.807) is 24.4 Å². The van der Waals surface area contributed by atoms with Crippen molar-refractivity contribution in [3.05, 3.63) is 53.3 Å². The molecule has 0 fully saturated rings. The Hall–Kier alpha value is -1.63. The minimum Gasteiger partial charge on any atom is -0.492 e. The number of unbranched alkanes of at least 4 members (excludes halogenated alkanes) is 2. The fraction of sp³-hybridized carbons (Fsp3) is 0.353. The second-order valence-corrected chi connectivity index (χ2v) is 7.47. The summed E-state index contributed by atoms with van der Waals surface area (Å²) in [4.78, 5) is 4.21. The molecular formula is C17H21ClN2O3S. The largest absolute Gasteiger partial charge is 0.492 e. The van der Waals surface area contributed by atoms with Gasteiger partial charge in [-0.2, -0.15) is 0 Å². The van der Waals surface area contributed by atoms with Crippen molar-refractivity contribution in [1.29, 1.82) is 0 Å². The first-order chi connectivity index (χ1) is 11.5. The lowest BCUT2D eigenvalue weighted by Gasteiger charge is -2.11. The van der Waals surface area contributed by atoms with E-state index in [-0.39, 0.29) is 11.4 Å². The Balaban J connectivity index is 2.06. The number of rotatable bonds is 9. The molecule has 0 unspecified atom stereocenters.